The summed E-state index contributed by atoms with van der Waals surface area (Å²) in [5.74, 6) is -0.438. The molecule has 25 heavy (non-hydrogen) atoms. The minimum atomic E-state index is -0.631. The number of carbonyl (C=O) groups excluding carboxylic acids is 1. The first-order valence-electron chi connectivity index (χ1n) is 8.00. The summed E-state index contributed by atoms with van der Waals surface area (Å²) in [5.41, 5.74) is 0.822. The van der Waals surface area contributed by atoms with Gasteiger partial charge in [0.15, 0.2) is 0 Å². The van der Waals surface area contributed by atoms with Crippen molar-refractivity contribution in [1.29, 1.82) is 0 Å². The molecule has 0 unspecified atom stereocenters. The third kappa shape index (κ3) is 2.90. The van der Waals surface area contributed by atoms with Gasteiger partial charge < -0.3 is 9.73 Å². The zero-order chi connectivity index (χ0) is 17.2. The Bertz CT molecular complexity index is 1130. The Labute approximate surface area is 143 Å². The Balaban J connectivity index is 1.73. The van der Waals surface area contributed by atoms with E-state index in [0.29, 0.717) is 12.1 Å². The van der Waals surface area contributed by atoms with Gasteiger partial charge in [-0.3, -0.25) is 4.79 Å². The molecule has 4 aromatic rings. The Morgan fingerprint density at radius 3 is 2.48 bits per heavy atom. The van der Waals surface area contributed by atoms with Crippen molar-refractivity contribution in [3.05, 3.63) is 94.3 Å². The zero-order valence-electron chi connectivity index (χ0n) is 13.4. The molecule has 1 heterocycles. The second kappa shape index (κ2) is 6.24. The lowest BCUT2D eigenvalue weighted by Crippen LogP contribution is -2.27. The third-order valence-electron chi connectivity index (χ3n) is 4.18. The van der Waals surface area contributed by atoms with Crippen LogP contribution in [0.2, 0.25) is 0 Å². The van der Waals surface area contributed by atoms with E-state index in [2.05, 4.69) is 5.32 Å². The summed E-state index contributed by atoms with van der Waals surface area (Å²) in [7, 11) is 0. The number of rotatable bonds is 3. The van der Waals surface area contributed by atoms with Gasteiger partial charge in [0.2, 0.25) is 0 Å². The van der Waals surface area contributed by atoms with E-state index in [4.69, 9.17) is 4.42 Å². The van der Waals surface area contributed by atoms with Crippen molar-refractivity contribution in [1.82, 2.24) is 5.32 Å². The molecule has 0 saturated carbocycles. The first-order chi connectivity index (χ1) is 12.2. The Kier molecular flexibility index (Phi) is 3.78. The average Bonchev–Trinajstić information content (AvgIpc) is 2.66. The molecule has 0 saturated heterocycles. The van der Waals surface area contributed by atoms with Crippen LogP contribution >= 0.6 is 0 Å². The van der Waals surface area contributed by atoms with Crippen molar-refractivity contribution in [2.75, 3.05) is 0 Å². The zero-order valence-corrected chi connectivity index (χ0v) is 13.4. The van der Waals surface area contributed by atoms with E-state index in [9.17, 15) is 9.59 Å². The molecule has 4 rings (SSSR count). The number of carbonyl (C=O) groups is 1. The number of hydrogen-bond donors (Lipinski definition) is 1. The molecule has 0 aliphatic heterocycles. The smallest absolute Gasteiger partial charge is 0.349 e. The minimum absolute atomic E-state index is 0.0137. The maximum atomic E-state index is 12.4. The van der Waals surface area contributed by atoms with E-state index in [1.807, 2.05) is 60.7 Å². The van der Waals surface area contributed by atoms with Gasteiger partial charge in [-0.1, -0.05) is 60.7 Å². The van der Waals surface area contributed by atoms with Crippen molar-refractivity contribution < 1.29 is 9.21 Å². The van der Waals surface area contributed by atoms with Crippen LogP contribution < -0.4 is 10.9 Å². The Morgan fingerprint density at radius 1 is 0.880 bits per heavy atom. The van der Waals surface area contributed by atoms with Gasteiger partial charge in [-0.05, 0) is 28.5 Å². The molecule has 122 valence electrons. The Hall–Kier alpha value is -3.40. The van der Waals surface area contributed by atoms with Crippen molar-refractivity contribution in [2.45, 2.75) is 6.54 Å². The summed E-state index contributed by atoms with van der Waals surface area (Å²) in [4.78, 5) is 24.6. The second-order valence-electron chi connectivity index (χ2n) is 5.81. The van der Waals surface area contributed by atoms with Gasteiger partial charge >= 0.3 is 5.63 Å². The molecular weight excluding hydrogens is 314 g/mol. The van der Waals surface area contributed by atoms with Crippen LogP contribution in [0.5, 0.6) is 0 Å². The molecule has 0 fully saturated rings. The third-order valence-corrected chi connectivity index (χ3v) is 4.18. The first-order valence-corrected chi connectivity index (χ1v) is 8.00. The summed E-state index contributed by atoms with van der Waals surface area (Å²) in [6.07, 6.45) is 0. The van der Waals surface area contributed by atoms with Crippen LogP contribution in [0.15, 0.2) is 82.0 Å². The van der Waals surface area contributed by atoms with Crippen molar-refractivity contribution in [2.24, 2.45) is 0 Å². The fourth-order valence-electron chi connectivity index (χ4n) is 2.90. The predicted molar refractivity (Wildman–Crippen MR) is 97.6 cm³/mol. The maximum absolute atomic E-state index is 12.4. The lowest BCUT2D eigenvalue weighted by atomic mass is 10.0. The first kappa shape index (κ1) is 15.1. The van der Waals surface area contributed by atoms with Gasteiger partial charge in [-0.2, -0.15) is 0 Å². The van der Waals surface area contributed by atoms with Crippen LogP contribution in [0, 0.1) is 0 Å². The molecule has 4 nitrogen and oxygen atoms in total. The second-order valence-corrected chi connectivity index (χ2v) is 5.81. The molecule has 0 bridgehead atoms. The molecule has 0 atom stereocenters. The number of nitrogens with one attached hydrogen (secondary N) is 1. The van der Waals surface area contributed by atoms with Crippen LogP contribution in [0.25, 0.3) is 21.7 Å². The van der Waals surface area contributed by atoms with Gasteiger partial charge in [-0.25, -0.2) is 4.79 Å². The number of amides is 1. The molecule has 3 aromatic carbocycles. The van der Waals surface area contributed by atoms with E-state index in [-0.39, 0.29) is 5.56 Å². The molecule has 1 N–H and O–H groups in total. The summed E-state index contributed by atoms with van der Waals surface area (Å²) >= 11 is 0. The molecule has 4 heteroatoms. The molecule has 0 spiro atoms. The molecule has 0 radical (unpaired) electrons. The highest BCUT2D eigenvalue weighted by Crippen LogP contribution is 2.24. The van der Waals surface area contributed by atoms with Gasteiger partial charge in [0.25, 0.3) is 5.91 Å². The van der Waals surface area contributed by atoms with Gasteiger partial charge in [0.05, 0.1) is 0 Å². The van der Waals surface area contributed by atoms with Gasteiger partial charge in [-0.15, -0.1) is 0 Å². The van der Waals surface area contributed by atoms with E-state index >= 15 is 0 Å². The summed E-state index contributed by atoms with van der Waals surface area (Å²) in [6.45, 7) is 0.354. The lowest BCUT2D eigenvalue weighted by molar-refractivity contribution is 0.0947. The fourth-order valence-corrected chi connectivity index (χ4v) is 2.90. The van der Waals surface area contributed by atoms with Gasteiger partial charge in [0.1, 0.15) is 11.1 Å². The van der Waals surface area contributed by atoms with E-state index in [0.717, 1.165) is 21.7 Å². The topological polar surface area (TPSA) is 59.3 Å². The highest BCUT2D eigenvalue weighted by molar-refractivity contribution is 6.07. The van der Waals surface area contributed by atoms with E-state index in [1.54, 1.807) is 12.1 Å². The number of hydrogen-bond acceptors (Lipinski definition) is 3. The van der Waals surface area contributed by atoms with Gasteiger partial charge in [0, 0.05) is 11.9 Å². The quantitative estimate of drug-likeness (QED) is 0.458. The largest absolute Gasteiger partial charge is 0.422 e. The van der Waals surface area contributed by atoms with E-state index < -0.39 is 11.5 Å². The van der Waals surface area contributed by atoms with E-state index in [1.165, 1.54) is 0 Å². The number of benzene rings is 3. The maximum Gasteiger partial charge on any atom is 0.349 e. The fraction of sp³-hybridized carbons (Fsp3) is 0.0476. The van der Waals surface area contributed by atoms with Crippen LogP contribution in [0.4, 0.5) is 0 Å². The van der Waals surface area contributed by atoms with Crippen LogP contribution in [-0.2, 0) is 6.54 Å². The highest BCUT2D eigenvalue weighted by Gasteiger charge is 2.14. The summed E-state index contributed by atoms with van der Waals surface area (Å²) in [6, 6.07) is 22.6. The lowest BCUT2D eigenvalue weighted by Gasteiger charge is -2.07. The number of fused-ring (bicyclic) bond motifs is 3. The highest BCUT2D eigenvalue weighted by atomic mass is 16.4. The molecule has 0 aliphatic rings. The molecule has 1 amide bonds. The normalized spacial score (nSPS) is 10.9. The monoisotopic (exact) mass is 329 g/mol. The molecule has 0 aliphatic carbocycles. The van der Waals surface area contributed by atoms with Crippen molar-refractivity contribution in [3.63, 3.8) is 0 Å². The van der Waals surface area contributed by atoms with Crippen LogP contribution in [0.3, 0.4) is 0 Å². The SMILES string of the molecule is O=C(NCc1ccccc1)c1cc2c(ccc3ccccc32)oc1=O. The standard InChI is InChI=1S/C21H15NO3/c23-20(22-13-14-6-2-1-3-7-14)18-12-17-16-9-5-4-8-15(16)10-11-19(17)25-21(18)24/h1-12H,13H2,(H,22,23). The molecular formula is C21H15NO3. The molecule has 1 aromatic heterocycles. The van der Waals surface area contributed by atoms with Crippen LogP contribution in [0.1, 0.15) is 15.9 Å². The van der Waals surface area contributed by atoms with Crippen molar-refractivity contribution >= 4 is 27.6 Å². The predicted octanol–water partition coefficient (Wildman–Crippen LogP) is 3.88. The van der Waals surface area contributed by atoms with Crippen molar-refractivity contribution in [3.8, 4) is 0 Å². The summed E-state index contributed by atoms with van der Waals surface area (Å²) in [5, 5.41) is 5.49. The minimum Gasteiger partial charge on any atom is -0.422 e. The Morgan fingerprint density at radius 2 is 1.64 bits per heavy atom. The average molecular weight is 329 g/mol. The van der Waals surface area contributed by atoms with Crippen LogP contribution in [-0.4, -0.2) is 5.91 Å². The summed E-state index contributed by atoms with van der Waals surface area (Å²) < 4.78 is 5.36.